The van der Waals surface area contributed by atoms with E-state index in [1.54, 1.807) is 17.0 Å². The van der Waals surface area contributed by atoms with Crippen LogP contribution in [0, 0.1) is 0 Å². The largest absolute Gasteiger partial charge is 0.481 e. The van der Waals surface area contributed by atoms with Gasteiger partial charge in [-0.1, -0.05) is 91.0 Å². The van der Waals surface area contributed by atoms with Gasteiger partial charge in [0.15, 0.2) is 0 Å². The van der Waals surface area contributed by atoms with E-state index in [0.29, 0.717) is 25.1 Å². The maximum absolute atomic E-state index is 13.2. The minimum atomic E-state index is -0.949. The molecule has 7 nitrogen and oxygen atoms in total. The van der Waals surface area contributed by atoms with Crippen molar-refractivity contribution in [3.63, 3.8) is 0 Å². The van der Waals surface area contributed by atoms with Crippen LogP contribution < -0.4 is 5.32 Å². The molecule has 0 radical (unpaired) electrons. The lowest BCUT2D eigenvalue weighted by atomic mass is 9.98. The molecule has 0 fully saturated rings. The molecule has 1 aliphatic carbocycles. The van der Waals surface area contributed by atoms with Crippen molar-refractivity contribution < 1.29 is 24.2 Å². The highest BCUT2D eigenvalue weighted by Gasteiger charge is 2.29. The first kappa shape index (κ1) is 27.6. The smallest absolute Gasteiger partial charge is 0.407 e. The van der Waals surface area contributed by atoms with E-state index in [9.17, 15) is 14.4 Å². The first-order chi connectivity index (χ1) is 20.0. The fourth-order valence-electron chi connectivity index (χ4n) is 5.24. The van der Waals surface area contributed by atoms with Gasteiger partial charge in [-0.15, -0.1) is 0 Å². The quantitative estimate of drug-likeness (QED) is 0.244. The molecule has 0 bridgehead atoms. The fraction of sp³-hybridized carbons (Fsp3) is 0.206. The number of nitrogens with one attached hydrogen (secondary N) is 1. The Bertz CT molecular complexity index is 1470. The van der Waals surface area contributed by atoms with Crippen LogP contribution in [0.25, 0.3) is 11.1 Å². The van der Waals surface area contributed by atoms with Crippen molar-refractivity contribution in [1.29, 1.82) is 0 Å². The predicted octanol–water partition coefficient (Wildman–Crippen LogP) is 5.88. The van der Waals surface area contributed by atoms with Gasteiger partial charge in [-0.3, -0.25) is 9.59 Å². The Morgan fingerprint density at radius 3 is 2.00 bits per heavy atom. The maximum Gasteiger partial charge on any atom is 0.407 e. The molecule has 0 aromatic heterocycles. The van der Waals surface area contributed by atoms with Gasteiger partial charge < -0.3 is 20.1 Å². The summed E-state index contributed by atoms with van der Waals surface area (Å²) in [4.78, 5) is 38.3. The summed E-state index contributed by atoms with van der Waals surface area (Å²) in [5, 5.41) is 12.0. The summed E-state index contributed by atoms with van der Waals surface area (Å²) in [6.07, 6.45) is -0.0162. The molecule has 5 rings (SSSR count). The van der Waals surface area contributed by atoms with Crippen LogP contribution in [-0.2, 0) is 22.5 Å². The SMILES string of the molecule is O=C(O)CCN(Cc1ccccc1)C(=O)c1ccc(CCNC(=O)OCC2c3ccccc3-c3ccccc32)cc1. The molecule has 0 spiro atoms. The number of hydrogen-bond acceptors (Lipinski definition) is 4. The Morgan fingerprint density at radius 1 is 0.756 bits per heavy atom. The Labute approximate surface area is 239 Å². The molecule has 0 aliphatic heterocycles. The third-order valence-electron chi connectivity index (χ3n) is 7.33. The molecule has 1 aliphatic rings. The second-order valence-electron chi connectivity index (χ2n) is 10.1. The maximum atomic E-state index is 13.2. The van der Waals surface area contributed by atoms with Crippen LogP contribution in [0.5, 0.6) is 0 Å². The molecular formula is C34H32N2O5. The second-order valence-corrected chi connectivity index (χ2v) is 10.1. The van der Waals surface area contributed by atoms with Crippen molar-refractivity contribution in [2.24, 2.45) is 0 Å². The summed E-state index contributed by atoms with van der Waals surface area (Å²) in [5.41, 5.74) is 7.08. The Kier molecular flexibility index (Phi) is 8.74. The van der Waals surface area contributed by atoms with Crippen molar-refractivity contribution in [2.45, 2.75) is 25.3 Å². The summed E-state index contributed by atoms with van der Waals surface area (Å²) >= 11 is 0. The van der Waals surface area contributed by atoms with E-state index in [-0.39, 0.29) is 31.4 Å². The van der Waals surface area contributed by atoms with Gasteiger partial charge in [-0.25, -0.2) is 4.79 Å². The summed E-state index contributed by atoms with van der Waals surface area (Å²) < 4.78 is 5.60. The number of ether oxygens (including phenoxy) is 1. The lowest BCUT2D eigenvalue weighted by molar-refractivity contribution is -0.137. The monoisotopic (exact) mass is 548 g/mol. The molecule has 0 saturated carbocycles. The molecule has 2 N–H and O–H groups in total. The van der Waals surface area contributed by atoms with Crippen LogP contribution >= 0.6 is 0 Å². The number of nitrogens with zero attached hydrogens (tertiary/aromatic N) is 1. The van der Waals surface area contributed by atoms with E-state index in [1.165, 1.54) is 22.3 Å². The zero-order valence-electron chi connectivity index (χ0n) is 22.7. The lowest BCUT2D eigenvalue weighted by Gasteiger charge is -2.22. The summed E-state index contributed by atoms with van der Waals surface area (Å²) in [5.74, 6) is -1.16. The van der Waals surface area contributed by atoms with Gasteiger partial charge in [0.05, 0.1) is 6.42 Å². The average molecular weight is 549 g/mol. The van der Waals surface area contributed by atoms with Gasteiger partial charge in [0.25, 0.3) is 5.91 Å². The van der Waals surface area contributed by atoms with Crippen molar-refractivity contribution in [2.75, 3.05) is 19.7 Å². The number of amides is 2. The minimum Gasteiger partial charge on any atom is -0.481 e. The zero-order valence-corrected chi connectivity index (χ0v) is 22.7. The third-order valence-corrected chi connectivity index (χ3v) is 7.33. The van der Waals surface area contributed by atoms with E-state index >= 15 is 0 Å². The summed E-state index contributed by atoms with van der Waals surface area (Å²) in [6, 6.07) is 33.1. The molecule has 0 atom stereocenters. The van der Waals surface area contributed by atoms with Gasteiger partial charge in [-0.2, -0.15) is 0 Å². The standard InChI is InChI=1S/C34H32N2O5/c37-32(38)19-21-36(22-25-8-2-1-3-9-25)33(39)26-16-14-24(15-17-26)18-20-35-34(40)41-23-31-29-12-6-4-10-27(29)28-11-5-7-13-30(28)31/h1-17,31H,18-23H2,(H,35,40)(H,37,38). The summed E-state index contributed by atoms with van der Waals surface area (Å²) in [6.45, 7) is 1.11. The van der Waals surface area contributed by atoms with E-state index in [1.807, 2.05) is 66.7 Å². The normalized spacial score (nSPS) is 11.8. The number of carbonyl (C=O) groups excluding carboxylic acids is 2. The number of aliphatic carboxylic acids is 1. The lowest BCUT2D eigenvalue weighted by Crippen LogP contribution is -2.32. The van der Waals surface area contributed by atoms with E-state index in [0.717, 1.165) is 11.1 Å². The number of carbonyl (C=O) groups is 3. The number of alkyl carbamates (subject to hydrolysis) is 1. The number of carboxylic acids is 1. The molecule has 0 heterocycles. The number of carboxylic acid groups (broad SMARTS) is 1. The van der Waals surface area contributed by atoms with Gasteiger partial charge in [0.1, 0.15) is 6.61 Å². The molecule has 41 heavy (non-hydrogen) atoms. The molecular weight excluding hydrogens is 516 g/mol. The highest BCUT2D eigenvalue weighted by Crippen LogP contribution is 2.44. The van der Waals surface area contributed by atoms with E-state index in [2.05, 4.69) is 29.6 Å². The number of rotatable bonds is 11. The van der Waals surface area contributed by atoms with Crippen molar-refractivity contribution in [1.82, 2.24) is 10.2 Å². The topological polar surface area (TPSA) is 95.9 Å². The molecule has 0 unspecified atom stereocenters. The zero-order chi connectivity index (χ0) is 28.6. The van der Waals surface area contributed by atoms with Crippen LogP contribution in [0.4, 0.5) is 4.79 Å². The summed E-state index contributed by atoms with van der Waals surface area (Å²) in [7, 11) is 0. The molecule has 0 saturated heterocycles. The number of benzene rings is 4. The highest BCUT2D eigenvalue weighted by molar-refractivity contribution is 5.94. The Morgan fingerprint density at radius 2 is 1.37 bits per heavy atom. The first-order valence-electron chi connectivity index (χ1n) is 13.7. The van der Waals surface area contributed by atoms with Gasteiger partial charge in [0.2, 0.25) is 0 Å². The van der Waals surface area contributed by atoms with Crippen molar-refractivity contribution >= 4 is 18.0 Å². The minimum absolute atomic E-state index is 0.00943. The van der Waals surface area contributed by atoms with Crippen LogP contribution in [0.1, 0.15) is 45.0 Å². The average Bonchev–Trinajstić information content (AvgIpc) is 3.32. The van der Waals surface area contributed by atoms with Crippen LogP contribution in [-0.4, -0.2) is 47.7 Å². The van der Waals surface area contributed by atoms with Crippen LogP contribution in [0.2, 0.25) is 0 Å². The third kappa shape index (κ3) is 6.81. The first-order valence-corrected chi connectivity index (χ1v) is 13.7. The van der Waals surface area contributed by atoms with Crippen molar-refractivity contribution in [3.05, 3.63) is 131 Å². The molecule has 2 amide bonds. The van der Waals surface area contributed by atoms with Crippen LogP contribution in [0.15, 0.2) is 103 Å². The molecule has 4 aromatic carbocycles. The van der Waals surface area contributed by atoms with Gasteiger partial charge in [0, 0.05) is 31.1 Å². The van der Waals surface area contributed by atoms with E-state index < -0.39 is 12.1 Å². The number of hydrogen-bond donors (Lipinski definition) is 2. The molecule has 4 aromatic rings. The van der Waals surface area contributed by atoms with Gasteiger partial charge >= 0.3 is 12.1 Å². The highest BCUT2D eigenvalue weighted by atomic mass is 16.5. The van der Waals surface area contributed by atoms with Crippen molar-refractivity contribution in [3.8, 4) is 11.1 Å². The Balaban J connectivity index is 1.12. The fourth-order valence-corrected chi connectivity index (χ4v) is 5.24. The predicted molar refractivity (Wildman–Crippen MR) is 157 cm³/mol. The van der Waals surface area contributed by atoms with Crippen LogP contribution in [0.3, 0.4) is 0 Å². The second kappa shape index (κ2) is 13.0. The van der Waals surface area contributed by atoms with Gasteiger partial charge in [-0.05, 0) is 51.9 Å². The number of fused-ring (bicyclic) bond motifs is 3. The molecule has 7 heteroatoms. The Hall–Kier alpha value is -4.91. The molecule has 208 valence electrons. The van der Waals surface area contributed by atoms with E-state index in [4.69, 9.17) is 9.84 Å².